The van der Waals surface area contributed by atoms with E-state index in [1.54, 1.807) is 7.11 Å². The number of rotatable bonds is 4. The van der Waals surface area contributed by atoms with Gasteiger partial charge >= 0.3 is 0 Å². The van der Waals surface area contributed by atoms with E-state index in [2.05, 4.69) is 14.5 Å². The summed E-state index contributed by atoms with van der Waals surface area (Å²) in [4.78, 5) is 23.2. The number of nitrogens with zero attached hydrogens (tertiary/aromatic N) is 4. The second-order valence-corrected chi connectivity index (χ2v) is 6.43. The van der Waals surface area contributed by atoms with Crippen LogP contribution in [0.2, 0.25) is 0 Å². The van der Waals surface area contributed by atoms with E-state index in [0.717, 1.165) is 30.2 Å². The predicted octanol–water partition coefficient (Wildman–Crippen LogP) is 2.27. The maximum atomic E-state index is 12.6. The van der Waals surface area contributed by atoms with E-state index < -0.39 is 0 Å². The lowest BCUT2D eigenvalue weighted by Gasteiger charge is -2.33. The summed E-state index contributed by atoms with van der Waals surface area (Å²) in [6, 6.07) is 0.303. The van der Waals surface area contributed by atoms with Gasteiger partial charge < -0.3 is 14.2 Å². The maximum absolute atomic E-state index is 12.6. The Hall–Kier alpha value is -1.73. The molecule has 0 saturated carbocycles. The minimum Gasteiger partial charge on any atom is -0.378 e. The number of carbonyl (C=O) groups is 1. The summed E-state index contributed by atoms with van der Waals surface area (Å²) in [5.41, 5.74) is 0.528. The fourth-order valence-electron chi connectivity index (χ4n) is 2.90. The van der Waals surface area contributed by atoms with Gasteiger partial charge in [0.25, 0.3) is 5.91 Å². The van der Waals surface area contributed by atoms with E-state index in [4.69, 9.17) is 4.74 Å². The number of thiazole rings is 1. The number of carbonyl (C=O) groups excluding carboxylic acids is 1. The van der Waals surface area contributed by atoms with Crippen molar-refractivity contribution in [3.05, 3.63) is 34.3 Å². The first-order valence-electron chi connectivity index (χ1n) is 7.41. The lowest BCUT2D eigenvalue weighted by molar-refractivity contribution is 0.0672. The molecule has 118 valence electrons. The van der Waals surface area contributed by atoms with Gasteiger partial charge in [-0.15, -0.1) is 11.3 Å². The molecule has 1 amide bonds. The number of hydrogen-bond acceptors (Lipinski definition) is 5. The van der Waals surface area contributed by atoms with Crippen molar-refractivity contribution >= 4 is 17.2 Å². The van der Waals surface area contributed by atoms with Crippen molar-refractivity contribution in [3.63, 3.8) is 0 Å². The SMILES string of the molecule is COCc1nc(C(=O)N2CCC[C@@H](n3ccnc3C)C2)cs1. The van der Waals surface area contributed by atoms with Gasteiger partial charge in [0, 0.05) is 38.0 Å². The summed E-state index contributed by atoms with van der Waals surface area (Å²) in [6.07, 6.45) is 5.89. The zero-order valence-electron chi connectivity index (χ0n) is 12.9. The highest BCUT2D eigenvalue weighted by Gasteiger charge is 2.27. The Morgan fingerprint density at radius 2 is 2.41 bits per heavy atom. The highest BCUT2D eigenvalue weighted by molar-refractivity contribution is 7.09. The van der Waals surface area contributed by atoms with Gasteiger partial charge in [-0.3, -0.25) is 4.79 Å². The normalized spacial score (nSPS) is 18.6. The molecular formula is C15H20N4O2S. The van der Waals surface area contributed by atoms with Gasteiger partial charge in [0.15, 0.2) is 0 Å². The highest BCUT2D eigenvalue weighted by atomic mass is 32.1. The van der Waals surface area contributed by atoms with E-state index in [1.165, 1.54) is 11.3 Å². The molecule has 1 fully saturated rings. The Morgan fingerprint density at radius 1 is 1.55 bits per heavy atom. The molecular weight excluding hydrogens is 300 g/mol. The molecule has 0 spiro atoms. The Bertz CT molecular complexity index is 652. The van der Waals surface area contributed by atoms with Gasteiger partial charge in [-0.05, 0) is 19.8 Å². The van der Waals surface area contributed by atoms with Crippen molar-refractivity contribution in [2.45, 2.75) is 32.4 Å². The zero-order chi connectivity index (χ0) is 15.5. The Labute approximate surface area is 133 Å². The first-order chi connectivity index (χ1) is 10.7. The summed E-state index contributed by atoms with van der Waals surface area (Å²) in [6.45, 7) is 3.96. The molecule has 2 aromatic rings. The molecule has 1 saturated heterocycles. The first-order valence-corrected chi connectivity index (χ1v) is 8.29. The van der Waals surface area contributed by atoms with Crippen molar-refractivity contribution in [1.29, 1.82) is 0 Å². The van der Waals surface area contributed by atoms with Gasteiger partial charge in [-0.1, -0.05) is 0 Å². The summed E-state index contributed by atoms with van der Waals surface area (Å²) < 4.78 is 7.22. The van der Waals surface area contributed by atoms with E-state index in [0.29, 0.717) is 24.9 Å². The lowest BCUT2D eigenvalue weighted by atomic mass is 10.1. The Kier molecular flexibility index (Phi) is 4.54. The number of aryl methyl sites for hydroxylation is 1. The topological polar surface area (TPSA) is 60.2 Å². The van der Waals surface area contributed by atoms with Gasteiger partial charge in [0.2, 0.25) is 0 Å². The van der Waals surface area contributed by atoms with Crippen LogP contribution in [-0.2, 0) is 11.3 Å². The van der Waals surface area contributed by atoms with E-state index in [9.17, 15) is 4.79 Å². The second-order valence-electron chi connectivity index (χ2n) is 5.49. The summed E-state index contributed by atoms with van der Waals surface area (Å²) >= 11 is 1.47. The van der Waals surface area contributed by atoms with Crippen LogP contribution >= 0.6 is 11.3 Å². The van der Waals surface area contributed by atoms with Crippen molar-refractivity contribution in [3.8, 4) is 0 Å². The minimum atomic E-state index is 0.0149. The van der Waals surface area contributed by atoms with Crippen molar-refractivity contribution in [1.82, 2.24) is 19.4 Å². The van der Waals surface area contributed by atoms with Crippen LogP contribution in [0.4, 0.5) is 0 Å². The number of methoxy groups -OCH3 is 1. The minimum absolute atomic E-state index is 0.0149. The monoisotopic (exact) mass is 320 g/mol. The number of hydrogen-bond donors (Lipinski definition) is 0. The number of aromatic nitrogens is 3. The second kappa shape index (κ2) is 6.58. The van der Waals surface area contributed by atoms with Crippen LogP contribution in [0.5, 0.6) is 0 Å². The van der Waals surface area contributed by atoms with E-state index in [-0.39, 0.29) is 5.91 Å². The molecule has 0 unspecified atom stereocenters. The maximum Gasteiger partial charge on any atom is 0.273 e. The van der Waals surface area contributed by atoms with Crippen LogP contribution in [0.3, 0.4) is 0 Å². The van der Waals surface area contributed by atoms with E-state index in [1.807, 2.05) is 29.6 Å². The van der Waals surface area contributed by atoms with E-state index >= 15 is 0 Å². The van der Waals surface area contributed by atoms with Crippen LogP contribution in [0.15, 0.2) is 17.8 Å². The summed E-state index contributed by atoms with van der Waals surface area (Å²) in [5.74, 6) is 1.01. The van der Waals surface area contributed by atoms with Crippen LogP contribution in [-0.4, -0.2) is 45.5 Å². The average Bonchev–Trinajstić information content (AvgIpc) is 3.16. The number of likely N-dealkylation sites (tertiary alicyclic amines) is 1. The molecule has 22 heavy (non-hydrogen) atoms. The van der Waals surface area contributed by atoms with Crippen LogP contribution < -0.4 is 0 Å². The van der Waals surface area contributed by atoms with Gasteiger partial charge in [-0.2, -0.15) is 0 Å². The highest BCUT2D eigenvalue weighted by Crippen LogP contribution is 2.24. The largest absolute Gasteiger partial charge is 0.378 e. The van der Waals surface area contributed by atoms with Crippen LogP contribution in [0, 0.1) is 6.92 Å². The van der Waals surface area contributed by atoms with Crippen LogP contribution in [0.25, 0.3) is 0 Å². The molecule has 1 aliphatic rings. The molecule has 0 N–H and O–H groups in total. The molecule has 7 heteroatoms. The van der Waals surface area contributed by atoms with Gasteiger partial charge in [-0.25, -0.2) is 9.97 Å². The standard InChI is InChI=1S/C15H20N4O2S/c1-11-16-5-7-19(11)12-4-3-6-18(8-12)15(20)13-10-22-14(17-13)9-21-2/h5,7,10,12H,3-4,6,8-9H2,1-2H3/t12-/m1/s1. The molecule has 0 aromatic carbocycles. The smallest absolute Gasteiger partial charge is 0.273 e. The third-order valence-corrected chi connectivity index (χ3v) is 4.80. The number of amides is 1. The third kappa shape index (κ3) is 3.05. The molecule has 0 aliphatic carbocycles. The Morgan fingerprint density at radius 3 is 3.14 bits per heavy atom. The molecule has 3 rings (SSSR count). The van der Waals surface area contributed by atoms with Crippen LogP contribution in [0.1, 0.15) is 40.2 Å². The number of piperidine rings is 1. The third-order valence-electron chi connectivity index (χ3n) is 3.98. The average molecular weight is 320 g/mol. The summed E-state index contributed by atoms with van der Waals surface area (Å²) in [7, 11) is 1.63. The molecule has 1 aliphatic heterocycles. The van der Waals surface area contributed by atoms with Crippen molar-refractivity contribution < 1.29 is 9.53 Å². The lowest BCUT2D eigenvalue weighted by Crippen LogP contribution is -2.41. The molecule has 0 bridgehead atoms. The first kappa shape index (κ1) is 15.2. The Balaban J connectivity index is 1.71. The zero-order valence-corrected chi connectivity index (χ0v) is 13.7. The fraction of sp³-hybridized carbons (Fsp3) is 0.533. The van der Waals surface area contributed by atoms with Crippen molar-refractivity contribution in [2.75, 3.05) is 20.2 Å². The fourth-order valence-corrected chi connectivity index (χ4v) is 3.64. The molecule has 2 aromatic heterocycles. The molecule has 6 nitrogen and oxygen atoms in total. The molecule has 0 radical (unpaired) electrons. The molecule has 1 atom stereocenters. The number of ether oxygens (including phenoxy) is 1. The predicted molar refractivity (Wildman–Crippen MR) is 84.0 cm³/mol. The quantitative estimate of drug-likeness (QED) is 0.867. The van der Waals surface area contributed by atoms with Gasteiger partial charge in [0.1, 0.15) is 16.5 Å². The summed E-state index contributed by atoms with van der Waals surface area (Å²) in [5, 5.41) is 2.66. The van der Waals surface area contributed by atoms with Crippen molar-refractivity contribution in [2.24, 2.45) is 0 Å². The number of imidazole rings is 1. The van der Waals surface area contributed by atoms with Gasteiger partial charge in [0.05, 0.1) is 12.6 Å². The molecule has 3 heterocycles.